The number of nitrogen functional groups attached to an aromatic ring is 1. The Bertz CT molecular complexity index is 473. The van der Waals surface area contributed by atoms with Crippen molar-refractivity contribution in [3.63, 3.8) is 0 Å². The van der Waals surface area contributed by atoms with E-state index in [4.69, 9.17) is 5.73 Å². The average molecular weight is 216 g/mol. The highest BCUT2D eigenvalue weighted by Gasteiger charge is 2.05. The lowest BCUT2D eigenvalue weighted by Gasteiger charge is -2.02. The van der Waals surface area contributed by atoms with Gasteiger partial charge in [-0.25, -0.2) is 4.98 Å². The summed E-state index contributed by atoms with van der Waals surface area (Å²) in [6.07, 6.45) is 1.76. The molecule has 1 aromatic heterocycles. The summed E-state index contributed by atoms with van der Waals surface area (Å²) in [7, 11) is 0. The Balaban J connectivity index is 2.24. The molecule has 84 valence electrons. The van der Waals surface area contributed by atoms with Crippen LogP contribution in [0.2, 0.25) is 0 Å². The van der Waals surface area contributed by atoms with Gasteiger partial charge in [0, 0.05) is 17.8 Å². The van der Waals surface area contributed by atoms with E-state index in [0.717, 1.165) is 23.6 Å². The second kappa shape index (κ2) is 4.35. The molecule has 2 rings (SSSR count). The zero-order valence-electron chi connectivity index (χ0n) is 9.59. The van der Waals surface area contributed by atoms with E-state index in [9.17, 15) is 0 Å². The van der Waals surface area contributed by atoms with E-state index in [0.29, 0.717) is 5.92 Å². The van der Waals surface area contributed by atoms with Gasteiger partial charge in [-0.3, -0.25) is 4.68 Å². The van der Waals surface area contributed by atoms with Gasteiger partial charge in [0.15, 0.2) is 5.82 Å². The molecule has 4 heteroatoms. The fraction of sp³-hybridized carbons (Fsp3) is 0.333. The highest BCUT2D eigenvalue weighted by Crippen LogP contribution is 2.17. The minimum absolute atomic E-state index is 0.565. The Labute approximate surface area is 95.1 Å². The van der Waals surface area contributed by atoms with Crippen molar-refractivity contribution in [3.8, 4) is 11.4 Å². The lowest BCUT2D eigenvalue weighted by atomic mass is 10.2. The first-order chi connectivity index (χ1) is 7.65. The van der Waals surface area contributed by atoms with Crippen LogP contribution in [0.3, 0.4) is 0 Å². The summed E-state index contributed by atoms with van der Waals surface area (Å²) in [6.45, 7) is 5.19. The van der Waals surface area contributed by atoms with E-state index in [2.05, 4.69) is 23.9 Å². The summed E-state index contributed by atoms with van der Waals surface area (Å²) in [5.74, 6) is 1.29. The van der Waals surface area contributed by atoms with E-state index in [1.807, 2.05) is 28.9 Å². The van der Waals surface area contributed by atoms with Crippen molar-refractivity contribution in [2.45, 2.75) is 20.4 Å². The number of nitrogens with two attached hydrogens (primary N) is 1. The van der Waals surface area contributed by atoms with Crippen molar-refractivity contribution < 1.29 is 0 Å². The lowest BCUT2D eigenvalue weighted by Crippen LogP contribution is -2.04. The van der Waals surface area contributed by atoms with E-state index < -0.39 is 0 Å². The smallest absolute Gasteiger partial charge is 0.181 e. The third-order valence-corrected chi connectivity index (χ3v) is 2.23. The van der Waals surface area contributed by atoms with Gasteiger partial charge in [0.1, 0.15) is 6.33 Å². The Morgan fingerprint density at radius 3 is 2.88 bits per heavy atom. The van der Waals surface area contributed by atoms with Gasteiger partial charge >= 0.3 is 0 Å². The van der Waals surface area contributed by atoms with Gasteiger partial charge in [-0.1, -0.05) is 26.0 Å². The minimum Gasteiger partial charge on any atom is -0.399 e. The second-order valence-electron chi connectivity index (χ2n) is 4.31. The van der Waals surface area contributed by atoms with E-state index >= 15 is 0 Å². The zero-order chi connectivity index (χ0) is 11.5. The van der Waals surface area contributed by atoms with Gasteiger partial charge in [0.25, 0.3) is 0 Å². The number of hydrogen-bond donors (Lipinski definition) is 1. The average Bonchev–Trinajstić information content (AvgIpc) is 2.65. The van der Waals surface area contributed by atoms with E-state index in [1.165, 1.54) is 0 Å². The molecule has 0 radical (unpaired) electrons. The topological polar surface area (TPSA) is 56.7 Å². The maximum atomic E-state index is 5.72. The number of rotatable bonds is 3. The summed E-state index contributed by atoms with van der Waals surface area (Å²) >= 11 is 0. The van der Waals surface area contributed by atoms with Crippen molar-refractivity contribution in [1.82, 2.24) is 14.8 Å². The fourth-order valence-electron chi connectivity index (χ4n) is 1.57. The molecule has 4 nitrogen and oxygen atoms in total. The van der Waals surface area contributed by atoms with Gasteiger partial charge < -0.3 is 5.73 Å². The van der Waals surface area contributed by atoms with Crippen molar-refractivity contribution in [2.24, 2.45) is 5.92 Å². The first-order valence-corrected chi connectivity index (χ1v) is 5.40. The van der Waals surface area contributed by atoms with E-state index in [1.54, 1.807) is 6.33 Å². The SMILES string of the molecule is CC(C)Cn1cnc(-c2cccc(N)c2)n1. The van der Waals surface area contributed by atoms with Gasteiger partial charge in [-0.2, -0.15) is 5.10 Å². The molecule has 0 atom stereocenters. The summed E-state index contributed by atoms with van der Waals surface area (Å²) in [6, 6.07) is 7.61. The molecule has 0 amide bonds. The van der Waals surface area contributed by atoms with Crippen molar-refractivity contribution >= 4 is 5.69 Å². The van der Waals surface area contributed by atoms with Crippen LogP contribution in [0.1, 0.15) is 13.8 Å². The predicted molar refractivity (Wildman–Crippen MR) is 64.7 cm³/mol. The molecule has 0 aliphatic heterocycles. The Morgan fingerprint density at radius 1 is 1.38 bits per heavy atom. The molecule has 0 bridgehead atoms. The molecule has 1 aromatic carbocycles. The summed E-state index contributed by atoms with van der Waals surface area (Å²) in [5, 5.41) is 4.41. The quantitative estimate of drug-likeness (QED) is 0.800. The molecule has 0 saturated heterocycles. The summed E-state index contributed by atoms with van der Waals surface area (Å²) < 4.78 is 1.86. The molecule has 16 heavy (non-hydrogen) atoms. The minimum atomic E-state index is 0.565. The Kier molecular flexibility index (Phi) is 2.90. The molecule has 1 heterocycles. The van der Waals surface area contributed by atoms with Crippen LogP contribution in [0.4, 0.5) is 5.69 Å². The Morgan fingerprint density at radius 2 is 2.19 bits per heavy atom. The molecule has 2 N–H and O–H groups in total. The molecular weight excluding hydrogens is 200 g/mol. The number of nitrogens with zero attached hydrogens (tertiary/aromatic N) is 3. The standard InChI is InChI=1S/C12H16N4/c1-9(2)7-16-8-14-12(15-16)10-4-3-5-11(13)6-10/h3-6,8-9H,7,13H2,1-2H3. The normalized spacial score (nSPS) is 10.9. The predicted octanol–water partition coefficient (Wildman–Crippen LogP) is 2.18. The van der Waals surface area contributed by atoms with Crippen LogP contribution in [-0.2, 0) is 6.54 Å². The molecule has 0 fully saturated rings. The highest BCUT2D eigenvalue weighted by molar-refractivity contribution is 5.60. The van der Waals surface area contributed by atoms with Crippen LogP contribution in [0.25, 0.3) is 11.4 Å². The third kappa shape index (κ3) is 2.39. The van der Waals surface area contributed by atoms with Crippen LogP contribution >= 0.6 is 0 Å². The van der Waals surface area contributed by atoms with Crippen LogP contribution in [0.5, 0.6) is 0 Å². The molecule has 0 aliphatic rings. The van der Waals surface area contributed by atoms with Gasteiger partial charge in [-0.15, -0.1) is 0 Å². The van der Waals surface area contributed by atoms with Crippen LogP contribution in [0.15, 0.2) is 30.6 Å². The van der Waals surface area contributed by atoms with Crippen LogP contribution < -0.4 is 5.73 Å². The molecular formula is C12H16N4. The second-order valence-corrected chi connectivity index (χ2v) is 4.31. The highest BCUT2D eigenvalue weighted by atomic mass is 15.3. The molecule has 0 unspecified atom stereocenters. The first-order valence-electron chi connectivity index (χ1n) is 5.40. The van der Waals surface area contributed by atoms with Gasteiger partial charge in [-0.05, 0) is 18.1 Å². The van der Waals surface area contributed by atoms with Gasteiger partial charge in [0.2, 0.25) is 0 Å². The number of benzene rings is 1. The van der Waals surface area contributed by atoms with Gasteiger partial charge in [0.05, 0.1) is 0 Å². The largest absolute Gasteiger partial charge is 0.399 e. The maximum Gasteiger partial charge on any atom is 0.181 e. The number of anilines is 1. The number of aromatic nitrogens is 3. The van der Waals surface area contributed by atoms with Crippen molar-refractivity contribution in [1.29, 1.82) is 0 Å². The molecule has 0 saturated carbocycles. The lowest BCUT2D eigenvalue weighted by molar-refractivity contribution is 0.483. The monoisotopic (exact) mass is 216 g/mol. The first kappa shape index (κ1) is 10.7. The van der Waals surface area contributed by atoms with Crippen LogP contribution in [0, 0.1) is 5.92 Å². The molecule has 2 aromatic rings. The number of hydrogen-bond acceptors (Lipinski definition) is 3. The summed E-state index contributed by atoms with van der Waals surface area (Å²) in [5.41, 5.74) is 7.42. The van der Waals surface area contributed by atoms with Crippen molar-refractivity contribution in [3.05, 3.63) is 30.6 Å². The van der Waals surface area contributed by atoms with Crippen LogP contribution in [-0.4, -0.2) is 14.8 Å². The Hall–Kier alpha value is -1.84. The third-order valence-electron chi connectivity index (χ3n) is 2.23. The summed E-state index contributed by atoms with van der Waals surface area (Å²) in [4.78, 5) is 4.28. The maximum absolute atomic E-state index is 5.72. The van der Waals surface area contributed by atoms with Crippen molar-refractivity contribution in [2.75, 3.05) is 5.73 Å². The zero-order valence-corrected chi connectivity index (χ0v) is 9.59. The van der Waals surface area contributed by atoms with E-state index in [-0.39, 0.29) is 0 Å². The molecule has 0 spiro atoms. The fourth-order valence-corrected chi connectivity index (χ4v) is 1.57. The molecule has 0 aliphatic carbocycles.